The SMILES string of the molecule is O=C(O)C12CC3(Cl)CC(Cl)(CC(Cl)(C3)C1)C2. The molecule has 0 aromatic heterocycles. The fraction of sp³-hybridized carbons (Fsp3) is 0.909. The van der Waals surface area contributed by atoms with Crippen LogP contribution in [0.25, 0.3) is 0 Å². The van der Waals surface area contributed by atoms with E-state index in [1.807, 2.05) is 0 Å². The maximum absolute atomic E-state index is 11.5. The highest BCUT2D eigenvalue weighted by atomic mass is 35.5. The first-order chi connectivity index (χ1) is 7.19. The zero-order valence-corrected chi connectivity index (χ0v) is 11.0. The van der Waals surface area contributed by atoms with Gasteiger partial charge in [-0.3, -0.25) is 4.79 Å². The summed E-state index contributed by atoms with van der Waals surface area (Å²) in [6.07, 6.45) is 3.60. The normalized spacial score (nSPS) is 58.9. The van der Waals surface area contributed by atoms with Gasteiger partial charge in [0.25, 0.3) is 0 Å². The number of aliphatic carboxylic acids is 1. The Morgan fingerprint density at radius 1 is 0.812 bits per heavy atom. The summed E-state index contributed by atoms with van der Waals surface area (Å²) in [5, 5.41) is 9.45. The van der Waals surface area contributed by atoms with E-state index in [2.05, 4.69) is 0 Å². The van der Waals surface area contributed by atoms with Crippen molar-refractivity contribution in [2.45, 2.75) is 53.1 Å². The van der Waals surface area contributed by atoms with Crippen molar-refractivity contribution in [3.63, 3.8) is 0 Å². The van der Waals surface area contributed by atoms with E-state index in [-0.39, 0.29) is 0 Å². The summed E-state index contributed by atoms with van der Waals surface area (Å²) in [7, 11) is 0. The molecule has 16 heavy (non-hydrogen) atoms. The van der Waals surface area contributed by atoms with Gasteiger partial charge in [0.1, 0.15) is 0 Å². The number of alkyl halides is 3. The van der Waals surface area contributed by atoms with Crippen molar-refractivity contribution < 1.29 is 9.90 Å². The van der Waals surface area contributed by atoms with Gasteiger partial charge in [0.2, 0.25) is 0 Å². The number of hydrogen-bond donors (Lipinski definition) is 1. The Morgan fingerprint density at radius 2 is 1.12 bits per heavy atom. The highest BCUT2D eigenvalue weighted by Crippen LogP contribution is 2.70. The van der Waals surface area contributed by atoms with E-state index in [9.17, 15) is 9.90 Å². The van der Waals surface area contributed by atoms with E-state index in [0.29, 0.717) is 38.5 Å². The zero-order valence-electron chi connectivity index (χ0n) is 8.73. The lowest BCUT2D eigenvalue weighted by Gasteiger charge is -2.64. The summed E-state index contributed by atoms with van der Waals surface area (Å²) < 4.78 is 0. The van der Waals surface area contributed by atoms with Crippen molar-refractivity contribution in [1.29, 1.82) is 0 Å². The Balaban J connectivity index is 2.11. The van der Waals surface area contributed by atoms with Crippen molar-refractivity contribution in [3.8, 4) is 0 Å². The van der Waals surface area contributed by atoms with Crippen LogP contribution in [-0.2, 0) is 4.79 Å². The summed E-state index contributed by atoms with van der Waals surface area (Å²) in [5.41, 5.74) is -0.792. The molecule has 4 fully saturated rings. The fourth-order valence-corrected chi connectivity index (χ4v) is 7.01. The molecule has 1 N–H and O–H groups in total. The second-order valence-corrected chi connectivity index (χ2v) is 8.50. The van der Waals surface area contributed by atoms with Crippen LogP contribution in [-0.4, -0.2) is 25.7 Å². The molecular formula is C11H13Cl3O2. The average molecular weight is 284 g/mol. The van der Waals surface area contributed by atoms with Crippen LogP contribution >= 0.6 is 34.8 Å². The molecule has 4 bridgehead atoms. The topological polar surface area (TPSA) is 37.3 Å². The van der Waals surface area contributed by atoms with E-state index < -0.39 is 26.0 Å². The lowest BCUT2D eigenvalue weighted by molar-refractivity contribution is -0.160. The van der Waals surface area contributed by atoms with Gasteiger partial charge in [0.15, 0.2) is 0 Å². The molecule has 0 heterocycles. The molecule has 0 unspecified atom stereocenters. The summed E-state index contributed by atoms with van der Waals surface area (Å²) in [5.74, 6) is -0.785. The number of carbonyl (C=O) groups is 1. The Kier molecular flexibility index (Phi) is 2.03. The third kappa shape index (κ3) is 1.42. The van der Waals surface area contributed by atoms with Gasteiger partial charge in [0, 0.05) is 14.6 Å². The molecule has 4 rings (SSSR count). The second-order valence-electron chi connectivity index (χ2n) is 6.10. The molecule has 4 aliphatic carbocycles. The molecule has 0 aromatic rings. The van der Waals surface area contributed by atoms with Gasteiger partial charge in [-0.1, -0.05) is 0 Å². The molecule has 0 atom stereocenters. The molecular weight excluding hydrogens is 270 g/mol. The number of hydrogen-bond acceptors (Lipinski definition) is 1. The number of halogens is 3. The lowest BCUT2D eigenvalue weighted by Crippen LogP contribution is -2.66. The van der Waals surface area contributed by atoms with Gasteiger partial charge in [-0.25, -0.2) is 0 Å². The quantitative estimate of drug-likeness (QED) is 0.749. The molecule has 90 valence electrons. The van der Waals surface area contributed by atoms with Crippen molar-refractivity contribution >= 4 is 40.8 Å². The van der Waals surface area contributed by atoms with E-state index in [1.165, 1.54) is 0 Å². The maximum Gasteiger partial charge on any atom is 0.309 e. The molecule has 2 nitrogen and oxygen atoms in total. The molecule has 0 saturated heterocycles. The summed E-state index contributed by atoms with van der Waals surface area (Å²) in [4.78, 5) is 9.99. The van der Waals surface area contributed by atoms with E-state index in [0.717, 1.165) is 0 Å². The molecule has 4 saturated carbocycles. The van der Waals surface area contributed by atoms with E-state index >= 15 is 0 Å². The van der Waals surface area contributed by atoms with E-state index in [1.54, 1.807) is 0 Å². The number of carboxylic acids is 1. The van der Waals surface area contributed by atoms with Crippen LogP contribution in [0.5, 0.6) is 0 Å². The predicted octanol–water partition coefficient (Wildman–Crippen LogP) is 3.37. The van der Waals surface area contributed by atoms with Gasteiger partial charge in [0.05, 0.1) is 5.41 Å². The number of rotatable bonds is 1. The van der Waals surface area contributed by atoms with Crippen LogP contribution in [0.3, 0.4) is 0 Å². The minimum absolute atomic E-state index is 0.503. The highest BCUT2D eigenvalue weighted by molar-refractivity contribution is 6.32. The second kappa shape index (κ2) is 2.84. The average Bonchev–Trinajstić information content (AvgIpc) is 1.92. The van der Waals surface area contributed by atoms with Crippen molar-refractivity contribution in [3.05, 3.63) is 0 Å². The van der Waals surface area contributed by atoms with E-state index in [4.69, 9.17) is 34.8 Å². The largest absolute Gasteiger partial charge is 0.481 e. The first-order valence-corrected chi connectivity index (χ1v) is 6.62. The number of carboxylic acid groups (broad SMARTS) is 1. The predicted molar refractivity (Wildman–Crippen MR) is 63.5 cm³/mol. The maximum atomic E-state index is 11.5. The van der Waals surface area contributed by atoms with Crippen LogP contribution in [0, 0.1) is 5.41 Å². The zero-order chi connectivity index (χ0) is 11.8. The minimum Gasteiger partial charge on any atom is -0.481 e. The minimum atomic E-state index is -0.792. The van der Waals surface area contributed by atoms with Crippen LogP contribution in [0.2, 0.25) is 0 Å². The highest BCUT2D eigenvalue weighted by Gasteiger charge is 2.69. The van der Waals surface area contributed by atoms with Crippen molar-refractivity contribution in [2.75, 3.05) is 0 Å². The Labute approximate surface area is 109 Å². The van der Waals surface area contributed by atoms with Crippen LogP contribution < -0.4 is 0 Å². The van der Waals surface area contributed by atoms with Crippen molar-refractivity contribution in [1.82, 2.24) is 0 Å². The molecule has 4 aliphatic rings. The van der Waals surface area contributed by atoms with Gasteiger partial charge in [-0.2, -0.15) is 0 Å². The first kappa shape index (κ1) is 11.4. The van der Waals surface area contributed by atoms with Crippen LogP contribution in [0.4, 0.5) is 0 Å². The smallest absolute Gasteiger partial charge is 0.309 e. The van der Waals surface area contributed by atoms with Gasteiger partial charge >= 0.3 is 5.97 Å². The first-order valence-electron chi connectivity index (χ1n) is 5.49. The van der Waals surface area contributed by atoms with Crippen molar-refractivity contribution in [2.24, 2.45) is 5.41 Å². The molecule has 0 radical (unpaired) electrons. The van der Waals surface area contributed by atoms with Crippen LogP contribution in [0.1, 0.15) is 38.5 Å². The monoisotopic (exact) mass is 282 g/mol. The van der Waals surface area contributed by atoms with Gasteiger partial charge in [-0.05, 0) is 38.5 Å². The lowest BCUT2D eigenvalue weighted by atomic mass is 9.48. The summed E-state index contributed by atoms with van der Waals surface area (Å²) in [6.45, 7) is 0. The Bertz CT molecular complexity index is 328. The van der Waals surface area contributed by atoms with Gasteiger partial charge in [-0.15, -0.1) is 34.8 Å². The third-order valence-electron chi connectivity index (χ3n) is 4.32. The molecule has 0 aliphatic heterocycles. The van der Waals surface area contributed by atoms with Gasteiger partial charge < -0.3 is 5.11 Å². The summed E-state index contributed by atoms with van der Waals surface area (Å²) >= 11 is 19.5. The summed E-state index contributed by atoms with van der Waals surface area (Å²) in [6, 6.07) is 0. The standard InChI is InChI=1S/C11H13Cl3O2/c12-9-1-8(7(15)16)2-10(13,4-9)6-11(14,3-8)5-9/h1-6H2,(H,15,16). The molecule has 5 heteroatoms. The Hall–Kier alpha value is 0.340. The van der Waals surface area contributed by atoms with Crippen LogP contribution in [0.15, 0.2) is 0 Å². The molecule has 0 amide bonds. The fourth-order valence-electron chi connectivity index (χ4n) is 4.50. The third-order valence-corrected chi connectivity index (χ3v) is 5.52. The molecule has 0 spiro atoms. The Morgan fingerprint density at radius 3 is 1.38 bits per heavy atom. The molecule has 0 aromatic carbocycles.